The highest BCUT2D eigenvalue weighted by Gasteiger charge is 2.33. The highest BCUT2D eigenvalue weighted by atomic mass is 32.2. The van der Waals surface area contributed by atoms with Crippen molar-refractivity contribution in [2.45, 2.75) is 29.8 Å². The molecule has 27 heavy (non-hydrogen) atoms. The van der Waals surface area contributed by atoms with E-state index >= 15 is 0 Å². The summed E-state index contributed by atoms with van der Waals surface area (Å²) in [5.41, 5.74) is 2.97. The maximum Gasteiger partial charge on any atom is 0.233 e. The van der Waals surface area contributed by atoms with Gasteiger partial charge in [-0.2, -0.15) is 0 Å². The summed E-state index contributed by atoms with van der Waals surface area (Å²) in [6, 6.07) is 14.4. The number of carbonyl (C=O) groups is 1. The number of thioether (sulfide) groups is 1. The van der Waals surface area contributed by atoms with E-state index in [0.717, 1.165) is 38.7 Å². The lowest BCUT2D eigenvalue weighted by molar-refractivity contribution is -0.129. The second-order valence-corrected chi connectivity index (χ2v) is 8.92. The molecular weight excluding hydrogens is 376 g/mol. The zero-order valence-corrected chi connectivity index (χ0v) is 16.2. The number of benzene rings is 1. The van der Waals surface area contributed by atoms with Crippen LogP contribution in [0.25, 0.3) is 15.9 Å². The Balaban J connectivity index is 1.30. The highest BCUT2D eigenvalue weighted by Crippen LogP contribution is 2.32. The van der Waals surface area contributed by atoms with Crippen molar-refractivity contribution in [1.29, 1.82) is 0 Å². The first-order valence-electron chi connectivity index (χ1n) is 8.97. The summed E-state index contributed by atoms with van der Waals surface area (Å²) < 4.78 is 4.18. The maximum atomic E-state index is 12.9. The number of para-hydroxylation sites is 1. The molecule has 0 N–H and O–H groups in total. The van der Waals surface area contributed by atoms with E-state index in [2.05, 4.69) is 20.4 Å². The Hall–Kier alpha value is -2.38. The van der Waals surface area contributed by atoms with Gasteiger partial charge in [0.1, 0.15) is 5.65 Å². The van der Waals surface area contributed by atoms with Gasteiger partial charge in [-0.25, -0.2) is 9.97 Å². The summed E-state index contributed by atoms with van der Waals surface area (Å²) in [4.78, 5) is 24.0. The number of fused-ring (bicyclic) bond motifs is 2. The van der Waals surface area contributed by atoms with Gasteiger partial charge in [-0.3, -0.25) is 4.79 Å². The molecule has 136 valence electrons. The lowest BCUT2D eigenvalue weighted by Crippen LogP contribution is -2.34. The number of nitrogens with zero attached hydrogens (tertiary/aromatic N) is 4. The molecule has 1 aromatic carbocycles. The lowest BCUT2D eigenvalue weighted by atomic mass is 10.3. The summed E-state index contributed by atoms with van der Waals surface area (Å²) in [6.07, 6.45) is 6.06. The van der Waals surface area contributed by atoms with Crippen molar-refractivity contribution in [1.82, 2.24) is 19.3 Å². The number of rotatable bonds is 6. The van der Waals surface area contributed by atoms with E-state index in [1.165, 1.54) is 11.8 Å². The van der Waals surface area contributed by atoms with Crippen molar-refractivity contribution in [3.8, 4) is 0 Å². The van der Waals surface area contributed by atoms with Crippen molar-refractivity contribution in [2.24, 2.45) is 0 Å². The summed E-state index contributed by atoms with van der Waals surface area (Å²) in [6.45, 7) is 0.606. The summed E-state index contributed by atoms with van der Waals surface area (Å²) in [5.74, 6) is 0.597. The predicted molar refractivity (Wildman–Crippen MR) is 109 cm³/mol. The van der Waals surface area contributed by atoms with Gasteiger partial charge in [-0.05, 0) is 37.1 Å². The molecule has 0 radical (unpaired) electrons. The first-order chi connectivity index (χ1) is 13.3. The molecule has 7 heteroatoms. The quantitative estimate of drug-likeness (QED) is 0.459. The minimum atomic E-state index is 0.174. The Morgan fingerprint density at radius 3 is 2.93 bits per heavy atom. The molecule has 0 unspecified atom stereocenters. The van der Waals surface area contributed by atoms with Gasteiger partial charge in [0.2, 0.25) is 5.91 Å². The standard InChI is InChI=1S/C20H18N4OS2/c25-19(13-26-20-22-16-5-1-2-6-17(16)27-20)24(14-8-9-14)12-15-11-21-18-7-3-4-10-23(15)18/h1-7,10-11,14H,8-9,12-13H2. The van der Waals surface area contributed by atoms with Crippen LogP contribution < -0.4 is 0 Å². The summed E-state index contributed by atoms with van der Waals surface area (Å²) >= 11 is 3.19. The molecule has 0 atom stereocenters. The van der Waals surface area contributed by atoms with E-state index in [1.54, 1.807) is 11.3 Å². The van der Waals surface area contributed by atoms with E-state index in [0.29, 0.717) is 18.3 Å². The van der Waals surface area contributed by atoms with Crippen LogP contribution in [0, 0.1) is 0 Å². The number of carbonyl (C=O) groups excluding carboxylic acids is 1. The minimum Gasteiger partial charge on any atom is -0.333 e. The third-order valence-corrected chi connectivity index (χ3v) is 6.89. The highest BCUT2D eigenvalue weighted by molar-refractivity contribution is 8.01. The van der Waals surface area contributed by atoms with Gasteiger partial charge in [-0.1, -0.05) is 30.0 Å². The van der Waals surface area contributed by atoms with Crippen LogP contribution in [-0.2, 0) is 11.3 Å². The molecule has 3 heterocycles. The van der Waals surface area contributed by atoms with Crippen LogP contribution in [0.3, 0.4) is 0 Å². The van der Waals surface area contributed by atoms with E-state index < -0.39 is 0 Å². The van der Waals surface area contributed by atoms with Crippen molar-refractivity contribution in [3.05, 3.63) is 60.6 Å². The van der Waals surface area contributed by atoms with Crippen LogP contribution in [0.4, 0.5) is 0 Å². The second kappa shape index (κ2) is 6.98. The third-order valence-electron chi connectivity index (χ3n) is 4.73. The zero-order chi connectivity index (χ0) is 18.2. The van der Waals surface area contributed by atoms with Crippen molar-refractivity contribution in [2.75, 3.05) is 5.75 Å². The fourth-order valence-corrected chi connectivity index (χ4v) is 5.16. The number of aromatic nitrogens is 3. The van der Waals surface area contributed by atoms with Gasteiger partial charge in [0.05, 0.1) is 34.4 Å². The largest absolute Gasteiger partial charge is 0.333 e. The topological polar surface area (TPSA) is 50.5 Å². The molecule has 4 aromatic rings. The van der Waals surface area contributed by atoms with E-state index in [9.17, 15) is 4.79 Å². The Morgan fingerprint density at radius 2 is 2.07 bits per heavy atom. The fourth-order valence-electron chi connectivity index (χ4n) is 3.20. The molecule has 0 saturated heterocycles. The van der Waals surface area contributed by atoms with Crippen LogP contribution in [0.2, 0.25) is 0 Å². The monoisotopic (exact) mass is 394 g/mol. The van der Waals surface area contributed by atoms with Gasteiger partial charge in [0, 0.05) is 12.2 Å². The second-order valence-electron chi connectivity index (χ2n) is 6.67. The third kappa shape index (κ3) is 3.44. The van der Waals surface area contributed by atoms with Gasteiger partial charge in [0.15, 0.2) is 4.34 Å². The van der Waals surface area contributed by atoms with E-state index in [-0.39, 0.29) is 5.91 Å². The molecule has 0 aliphatic heterocycles. The number of thiazole rings is 1. The fraction of sp³-hybridized carbons (Fsp3) is 0.250. The molecule has 1 amide bonds. The van der Waals surface area contributed by atoms with Gasteiger partial charge >= 0.3 is 0 Å². The van der Waals surface area contributed by atoms with Gasteiger partial charge in [-0.15, -0.1) is 11.3 Å². The first-order valence-corrected chi connectivity index (χ1v) is 10.8. The molecule has 1 aliphatic carbocycles. The molecule has 5 nitrogen and oxygen atoms in total. The Bertz CT molecular complexity index is 1080. The van der Waals surface area contributed by atoms with Gasteiger partial charge < -0.3 is 9.30 Å². The minimum absolute atomic E-state index is 0.174. The van der Waals surface area contributed by atoms with E-state index in [4.69, 9.17) is 0 Å². The first kappa shape index (κ1) is 16.8. The van der Waals surface area contributed by atoms with Crippen molar-refractivity contribution in [3.63, 3.8) is 0 Å². The SMILES string of the molecule is O=C(CSc1nc2ccccc2s1)N(Cc1cnc2ccccn12)C1CC1. The zero-order valence-electron chi connectivity index (χ0n) is 14.6. The molecule has 0 spiro atoms. The summed E-state index contributed by atoms with van der Waals surface area (Å²) in [7, 11) is 0. The molecule has 5 rings (SSSR count). The van der Waals surface area contributed by atoms with Crippen molar-refractivity contribution < 1.29 is 4.79 Å². The maximum absolute atomic E-state index is 12.9. The van der Waals surface area contributed by atoms with Crippen LogP contribution in [0.1, 0.15) is 18.5 Å². The Kier molecular flexibility index (Phi) is 4.33. The smallest absolute Gasteiger partial charge is 0.233 e. The number of amides is 1. The van der Waals surface area contributed by atoms with Crippen LogP contribution >= 0.6 is 23.1 Å². The number of pyridine rings is 1. The molecule has 1 saturated carbocycles. The average Bonchev–Trinajstić information content (AvgIpc) is 3.32. The van der Waals surface area contributed by atoms with Crippen molar-refractivity contribution >= 4 is 44.9 Å². The molecule has 1 fully saturated rings. The average molecular weight is 395 g/mol. The Morgan fingerprint density at radius 1 is 1.22 bits per heavy atom. The molecule has 1 aliphatic rings. The van der Waals surface area contributed by atoms with Crippen LogP contribution in [0.15, 0.2) is 59.2 Å². The number of hydrogen-bond donors (Lipinski definition) is 0. The molecule has 0 bridgehead atoms. The normalized spacial score (nSPS) is 14.1. The van der Waals surface area contributed by atoms with Gasteiger partial charge in [0.25, 0.3) is 0 Å². The lowest BCUT2D eigenvalue weighted by Gasteiger charge is -2.22. The summed E-state index contributed by atoms with van der Waals surface area (Å²) in [5, 5.41) is 0. The molecule has 3 aromatic heterocycles. The Labute approximate surface area is 165 Å². The number of imidazole rings is 1. The van der Waals surface area contributed by atoms with E-state index in [1.807, 2.05) is 53.7 Å². The molecular formula is C20H18N4OS2. The van der Waals surface area contributed by atoms with Crippen LogP contribution in [-0.4, -0.2) is 37.0 Å². The van der Waals surface area contributed by atoms with Crippen LogP contribution in [0.5, 0.6) is 0 Å². The predicted octanol–water partition coefficient (Wildman–Crippen LogP) is 4.23. The number of hydrogen-bond acceptors (Lipinski definition) is 5.